The monoisotopic (exact) mass is 469 g/mol. The van der Waals surface area contributed by atoms with E-state index in [2.05, 4.69) is 10.4 Å². The van der Waals surface area contributed by atoms with Crippen molar-refractivity contribution < 1.29 is 31.5 Å². The molecule has 0 spiro atoms. The van der Waals surface area contributed by atoms with Gasteiger partial charge in [-0.3, -0.25) is 4.68 Å². The normalized spacial score (nSPS) is 19.4. The van der Waals surface area contributed by atoms with Crippen LogP contribution in [0.3, 0.4) is 0 Å². The molecule has 3 heterocycles. The summed E-state index contributed by atoms with van der Waals surface area (Å²) in [6.45, 7) is -0.833. The van der Waals surface area contributed by atoms with Crippen LogP contribution in [0, 0.1) is 17.1 Å². The standard InChI is InChI=1S/C21H20F5N5O2/c22-16-2-1-13(7-12(16)8-27)28-20(32)30-6-4-17-15(10-30)19-21(25,26)5-3-14(9-31(19)29-17)33-11-18(23)24/h1-2,7,14,18H,3-6,9-11H2,(H,28,32). The number of hydrogen-bond acceptors (Lipinski definition) is 4. The number of amides is 2. The molecule has 1 unspecified atom stereocenters. The molecule has 0 bridgehead atoms. The maximum atomic E-state index is 15.0. The molecule has 1 atom stereocenters. The molecule has 0 saturated heterocycles. The second kappa shape index (κ2) is 8.97. The molecule has 0 fully saturated rings. The maximum absolute atomic E-state index is 15.0. The third kappa shape index (κ3) is 4.78. The van der Waals surface area contributed by atoms with Crippen molar-refractivity contribution in [3.8, 4) is 6.07 Å². The van der Waals surface area contributed by atoms with Crippen LogP contribution in [0.15, 0.2) is 18.2 Å². The summed E-state index contributed by atoms with van der Waals surface area (Å²) in [5.41, 5.74) is 0.289. The van der Waals surface area contributed by atoms with Crippen molar-refractivity contribution in [3.63, 3.8) is 0 Å². The van der Waals surface area contributed by atoms with Gasteiger partial charge in [0.2, 0.25) is 0 Å². The molecule has 2 aliphatic heterocycles. The van der Waals surface area contributed by atoms with Crippen molar-refractivity contribution in [3.05, 3.63) is 46.5 Å². The van der Waals surface area contributed by atoms with Gasteiger partial charge in [0.15, 0.2) is 0 Å². The minimum Gasteiger partial charge on any atom is -0.370 e. The number of carbonyl (C=O) groups excluding carboxylic acids is 1. The minimum absolute atomic E-state index is 0.0800. The molecule has 12 heteroatoms. The highest BCUT2D eigenvalue weighted by molar-refractivity contribution is 5.89. The van der Waals surface area contributed by atoms with Gasteiger partial charge < -0.3 is 15.0 Å². The van der Waals surface area contributed by atoms with Crippen molar-refractivity contribution >= 4 is 11.7 Å². The van der Waals surface area contributed by atoms with Crippen LogP contribution in [0.4, 0.5) is 32.4 Å². The van der Waals surface area contributed by atoms with Gasteiger partial charge in [0, 0.05) is 30.6 Å². The van der Waals surface area contributed by atoms with Crippen molar-refractivity contribution in [2.24, 2.45) is 0 Å². The third-order valence-electron chi connectivity index (χ3n) is 5.69. The van der Waals surface area contributed by atoms with E-state index in [1.165, 1.54) is 17.0 Å². The number of nitriles is 1. The van der Waals surface area contributed by atoms with E-state index in [1.807, 2.05) is 0 Å². The Morgan fingerprint density at radius 1 is 1.39 bits per heavy atom. The molecule has 33 heavy (non-hydrogen) atoms. The van der Waals surface area contributed by atoms with E-state index in [4.69, 9.17) is 10.00 Å². The SMILES string of the molecule is N#Cc1cc(NC(=O)N2CCc3nn4c(c3C2)C(F)(F)CCC(OCC(F)F)C4)ccc1F. The van der Waals surface area contributed by atoms with Crippen LogP contribution in [0.1, 0.15) is 35.4 Å². The summed E-state index contributed by atoms with van der Waals surface area (Å²) in [7, 11) is 0. The fraction of sp³-hybridized carbons (Fsp3) is 0.476. The number of alkyl halides is 4. The van der Waals surface area contributed by atoms with Gasteiger partial charge in [0.05, 0.1) is 30.5 Å². The van der Waals surface area contributed by atoms with Gasteiger partial charge >= 0.3 is 6.03 Å². The highest BCUT2D eigenvalue weighted by Crippen LogP contribution is 2.41. The highest BCUT2D eigenvalue weighted by Gasteiger charge is 2.44. The lowest BCUT2D eigenvalue weighted by Crippen LogP contribution is -2.39. The highest BCUT2D eigenvalue weighted by atomic mass is 19.3. The Hall–Kier alpha value is -3.20. The molecule has 0 radical (unpaired) electrons. The first kappa shape index (κ1) is 23.0. The Labute approximate surface area is 185 Å². The molecule has 4 rings (SSSR count). The largest absolute Gasteiger partial charge is 0.370 e. The number of aromatic nitrogens is 2. The summed E-state index contributed by atoms with van der Waals surface area (Å²) in [5, 5.41) is 15.8. The summed E-state index contributed by atoms with van der Waals surface area (Å²) in [5.74, 6) is -3.99. The van der Waals surface area contributed by atoms with Gasteiger partial charge in [-0.1, -0.05) is 0 Å². The number of anilines is 1. The quantitative estimate of drug-likeness (QED) is 0.686. The number of benzene rings is 1. The molecule has 0 aliphatic carbocycles. The number of carbonyl (C=O) groups is 1. The fourth-order valence-electron chi connectivity index (χ4n) is 4.12. The average Bonchev–Trinajstić information content (AvgIpc) is 3.08. The summed E-state index contributed by atoms with van der Waals surface area (Å²) in [4.78, 5) is 14.0. The summed E-state index contributed by atoms with van der Waals surface area (Å²) >= 11 is 0. The zero-order valence-corrected chi connectivity index (χ0v) is 17.3. The molecule has 0 saturated carbocycles. The smallest absolute Gasteiger partial charge is 0.322 e. The molecule has 2 aromatic rings. The van der Waals surface area contributed by atoms with Gasteiger partial charge in [-0.25, -0.2) is 18.0 Å². The number of nitrogens with one attached hydrogen (secondary N) is 1. The maximum Gasteiger partial charge on any atom is 0.322 e. The van der Waals surface area contributed by atoms with E-state index in [9.17, 15) is 26.7 Å². The van der Waals surface area contributed by atoms with Gasteiger partial charge in [-0.2, -0.15) is 19.1 Å². The third-order valence-corrected chi connectivity index (χ3v) is 5.69. The van der Waals surface area contributed by atoms with E-state index in [0.717, 1.165) is 10.7 Å². The van der Waals surface area contributed by atoms with Gasteiger partial charge in [-0.05, 0) is 24.6 Å². The fourth-order valence-corrected chi connectivity index (χ4v) is 4.12. The van der Waals surface area contributed by atoms with E-state index in [1.54, 1.807) is 6.07 Å². The van der Waals surface area contributed by atoms with Crippen molar-refractivity contribution in [1.29, 1.82) is 5.26 Å². The zero-order valence-electron chi connectivity index (χ0n) is 17.3. The Balaban J connectivity index is 1.53. The van der Waals surface area contributed by atoms with E-state index < -0.39 is 43.3 Å². The van der Waals surface area contributed by atoms with Crippen LogP contribution in [0.5, 0.6) is 0 Å². The van der Waals surface area contributed by atoms with E-state index >= 15 is 0 Å². The number of halogens is 5. The lowest BCUT2D eigenvalue weighted by Gasteiger charge is -2.28. The zero-order chi connectivity index (χ0) is 23.8. The van der Waals surface area contributed by atoms with Gasteiger partial charge in [0.25, 0.3) is 12.3 Å². The number of urea groups is 1. The van der Waals surface area contributed by atoms with Crippen molar-refractivity contribution in [1.82, 2.24) is 14.7 Å². The summed E-state index contributed by atoms with van der Waals surface area (Å²) < 4.78 is 74.7. The first-order chi connectivity index (χ1) is 15.7. The second-order valence-electron chi connectivity index (χ2n) is 7.95. The van der Waals surface area contributed by atoms with Gasteiger partial charge in [0.1, 0.15) is 24.2 Å². The number of rotatable bonds is 4. The summed E-state index contributed by atoms with van der Waals surface area (Å²) in [6.07, 6.45) is -3.98. The molecule has 2 aliphatic rings. The molecule has 1 aromatic carbocycles. The average molecular weight is 469 g/mol. The molecule has 176 valence electrons. The van der Waals surface area contributed by atoms with Crippen LogP contribution in [-0.4, -0.2) is 46.4 Å². The molecule has 7 nitrogen and oxygen atoms in total. The number of fused-ring (bicyclic) bond motifs is 3. The van der Waals surface area contributed by atoms with Gasteiger partial charge in [-0.15, -0.1) is 0 Å². The Kier molecular flexibility index (Phi) is 6.25. The predicted octanol–water partition coefficient (Wildman–Crippen LogP) is 4.02. The summed E-state index contributed by atoms with van der Waals surface area (Å²) in [6, 6.07) is 4.61. The first-order valence-corrected chi connectivity index (χ1v) is 10.3. The Morgan fingerprint density at radius 3 is 2.91 bits per heavy atom. The van der Waals surface area contributed by atoms with Crippen molar-refractivity contribution in [2.75, 3.05) is 18.5 Å². The van der Waals surface area contributed by atoms with Crippen LogP contribution in [-0.2, 0) is 30.2 Å². The Bertz CT molecular complexity index is 1100. The number of nitrogens with zero attached hydrogens (tertiary/aromatic N) is 4. The Morgan fingerprint density at radius 2 is 2.18 bits per heavy atom. The second-order valence-corrected chi connectivity index (χ2v) is 7.95. The molecular formula is C21H20F5N5O2. The van der Waals surface area contributed by atoms with E-state index in [-0.39, 0.29) is 55.0 Å². The molecular weight excluding hydrogens is 449 g/mol. The lowest BCUT2D eigenvalue weighted by molar-refractivity contribution is -0.0493. The van der Waals surface area contributed by atoms with Crippen LogP contribution >= 0.6 is 0 Å². The van der Waals surface area contributed by atoms with Crippen molar-refractivity contribution in [2.45, 2.75) is 50.8 Å². The molecule has 2 amide bonds. The number of hydrogen-bond donors (Lipinski definition) is 1. The topological polar surface area (TPSA) is 83.2 Å². The number of ether oxygens (including phenoxy) is 1. The minimum atomic E-state index is -3.26. The van der Waals surface area contributed by atoms with Crippen LogP contribution in [0.25, 0.3) is 0 Å². The van der Waals surface area contributed by atoms with E-state index in [0.29, 0.717) is 5.69 Å². The van der Waals surface area contributed by atoms with Crippen LogP contribution in [0.2, 0.25) is 0 Å². The predicted molar refractivity (Wildman–Crippen MR) is 105 cm³/mol. The first-order valence-electron chi connectivity index (χ1n) is 10.3. The lowest BCUT2D eigenvalue weighted by atomic mass is 10.00. The van der Waals surface area contributed by atoms with Crippen LogP contribution < -0.4 is 5.32 Å². The molecule has 1 aromatic heterocycles. The molecule has 1 N–H and O–H groups in total.